The highest BCUT2D eigenvalue weighted by atomic mass is 79.9. The van der Waals surface area contributed by atoms with Gasteiger partial charge >= 0.3 is 5.82 Å². The molecule has 0 fully saturated rings. The van der Waals surface area contributed by atoms with E-state index in [2.05, 4.69) is 26.0 Å². The monoisotopic (exact) mass is 282 g/mol. The van der Waals surface area contributed by atoms with Crippen LogP contribution in [-0.4, -0.2) is 19.7 Å². The van der Waals surface area contributed by atoms with E-state index >= 15 is 0 Å². The summed E-state index contributed by atoms with van der Waals surface area (Å²) in [6, 6.07) is 3.12. The Morgan fingerprint density at radius 3 is 2.88 bits per heavy atom. The summed E-state index contributed by atoms with van der Waals surface area (Å²) >= 11 is 3.33. The van der Waals surface area contributed by atoms with Crippen LogP contribution in [0.3, 0.4) is 0 Å². The molecule has 7 heteroatoms. The molecule has 2 aromatic rings. The Morgan fingerprint density at radius 2 is 2.31 bits per heavy atom. The first-order valence-electron chi connectivity index (χ1n) is 4.40. The van der Waals surface area contributed by atoms with Crippen molar-refractivity contribution in [3.63, 3.8) is 0 Å². The molecule has 0 aliphatic rings. The Balaban J connectivity index is 2.42. The van der Waals surface area contributed by atoms with Crippen LogP contribution in [0.2, 0.25) is 0 Å². The van der Waals surface area contributed by atoms with Gasteiger partial charge < -0.3 is 10.1 Å². The van der Waals surface area contributed by atoms with Crippen molar-refractivity contribution in [1.82, 2.24) is 14.8 Å². The molecule has 82 valence electrons. The average molecular weight is 283 g/mol. The molecule has 0 N–H and O–H groups in total. The van der Waals surface area contributed by atoms with Crippen LogP contribution in [0.4, 0.5) is 5.82 Å². The van der Waals surface area contributed by atoms with Crippen molar-refractivity contribution in [3.05, 3.63) is 44.7 Å². The van der Waals surface area contributed by atoms with Crippen LogP contribution in [0, 0.1) is 17.0 Å². The normalized spacial score (nSPS) is 10.4. The molecule has 0 unspecified atom stereocenters. The van der Waals surface area contributed by atoms with E-state index in [1.54, 1.807) is 12.3 Å². The van der Waals surface area contributed by atoms with Crippen LogP contribution in [0.5, 0.6) is 0 Å². The van der Waals surface area contributed by atoms with E-state index in [0.29, 0.717) is 5.82 Å². The number of hydrogen-bond donors (Lipinski definition) is 0. The van der Waals surface area contributed by atoms with E-state index in [1.165, 1.54) is 16.9 Å². The predicted octanol–water partition coefficient (Wildman–Crippen LogP) is 2.25. The van der Waals surface area contributed by atoms with Gasteiger partial charge in [-0.3, -0.25) is 0 Å². The number of halogens is 1. The minimum absolute atomic E-state index is 0.192. The van der Waals surface area contributed by atoms with Gasteiger partial charge in [0.15, 0.2) is 5.82 Å². The van der Waals surface area contributed by atoms with Gasteiger partial charge in [-0.15, -0.1) is 4.68 Å². The van der Waals surface area contributed by atoms with Crippen LogP contribution in [0.25, 0.3) is 5.82 Å². The zero-order chi connectivity index (χ0) is 11.7. The minimum atomic E-state index is -0.539. The van der Waals surface area contributed by atoms with Crippen molar-refractivity contribution in [1.29, 1.82) is 0 Å². The second-order valence-electron chi connectivity index (χ2n) is 3.17. The molecule has 0 spiro atoms. The van der Waals surface area contributed by atoms with Gasteiger partial charge in [-0.05, 0) is 39.4 Å². The first-order chi connectivity index (χ1) is 7.58. The molecule has 0 radical (unpaired) electrons. The van der Waals surface area contributed by atoms with E-state index in [0.717, 1.165) is 10.0 Å². The Hall–Kier alpha value is -1.76. The fraction of sp³-hybridized carbons (Fsp3) is 0.111. The molecule has 0 saturated carbocycles. The summed E-state index contributed by atoms with van der Waals surface area (Å²) in [4.78, 5) is 14.0. The van der Waals surface area contributed by atoms with E-state index in [1.807, 2.05) is 6.92 Å². The van der Waals surface area contributed by atoms with Crippen molar-refractivity contribution in [3.8, 4) is 5.82 Å². The van der Waals surface area contributed by atoms with Crippen molar-refractivity contribution in [2.75, 3.05) is 0 Å². The first kappa shape index (κ1) is 10.7. The van der Waals surface area contributed by atoms with Crippen LogP contribution in [0.15, 0.2) is 29.0 Å². The van der Waals surface area contributed by atoms with E-state index in [4.69, 9.17) is 0 Å². The van der Waals surface area contributed by atoms with Crippen LogP contribution >= 0.6 is 15.9 Å². The molecule has 2 aromatic heterocycles. The van der Waals surface area contributed by atoms with E-state index in [9.17, 15) is 10.1 Å². The molecule has 0 aromatic carbocycles. The predicted molar refractivity (Wildman–Crippen MR) is 60.5 cm³/mol. The summed E-state index contributed by atoms with van der Waals surface area (Å²) < 4.78 is 2.26. The Bertz CT molecular complexity index is 552. The molecule has 2 rings (SSSR count). The quantitative estimate of drug-likeness (QED) is 0.625. The largest absolute Gasteiger partial charge is 0.390 e. The standard InChI is InChI=1S/C9H7BrN4O2/c1-6-4-9(11-5-7(6)10)13-3-2-8(12-13)14(15)16/h2-5H,1H3. The lowest BCUT2D eigenvalue weighted by molar-refractivity contribution is -0.389. The molecule has 0 bridgehead atoms. The molecule has 0 amide bonds. The summed E-state index contributed by atoms with van der Waals surface area (Å²) in [6.07, 6.45) is 3.14. The number of nitrogens with zero attached hydrogens (tertiary/aromatic N) is 4. The van der Waals surface area contributed by atoms with Gasteiger partial charge in [-0.1, -0.05) is 0 Å². The fourth-order valence-corrected chi connectivity index (χ4v) is 1.41. The van der Waals surface area contributed by atoms with Gasteiger partial charge in [0.05, 0.1) is 17.4 Å². The number of aryl methyl sites for hydroxylation is 1. The van der Waals surface area contributed by atoms with Gasteiger partial charge in [-0.25, -0.2) is 4.98 Å². The molecule has 6 nitrogen and oxygen atoms in total. The fourth-order valence-electron chi connectivity index (χ4n) is 1.19. The molecular weight excluding hydrogens is 276 g/mol. The summed E-state index contributed by atoms with van der Waals surface area (Å²) in [5.74, 6) is 0.358. The lowest BCUT2D eigenvalue weighted by Gasteiger charge is -1.99. The topological polar surface area (TPSA) is 73.8 Å². The average Bonchev–Trinajstić information content (AvgIpc) is 2.71. The van der Waals surface area contributed by atoms with Gasteiger partial charge in [0.1, 0.15) is 0 Å². The highest BCUT2D eigenvalue weighted by Gasteiger charge is 2.13. The molecule has 0 atom stereocenters. The van der Waals surface area contributed by atoms with Crippen molar-refractivity contribution in [2.45, 2.75) is 6.92 Å². The molecule has 0 aliphatic heterocycles. The zero-order valence-corrected chi connectivity index (χ0v) is 9.88. The summed E-state index contributed by atoms with van der Waals surface area (Å²) in [5, 5.41) is 14.3. The Kier molecular flexibility index (Phi) is 2.69. The van der Waals surface area contributed by atoms with E-state index < -0.39 is 4.92 Å². The maximum atomic E-state index is 10.5. The third kappa shape index (κ3) is 1.94. The Morgan fingerprint density at radius 1 is 1.56 bits per heavy atom. The number of hydrogen-bond acceptors (Lipinski definition) is 4. The second-order valence-corrected chi connectivity index (χ2v) is 4.02. The van der Waals surface area contributed by atoms with Crippen LogP contribution < -0.4 is 0 Å². The van der Waals surface area contributed by atoms with Crippen LogP contribution in [0.1, 0.15) is 5.56 Å². The summed E-state index contributed by atoms with van der Waals surface area (Å²) in [7, 11) is 0. The van der Waals surface area contributed by atoms with E-state index in [-0.39, 0.29) is 5.82 Å². The zero-order valence-electron chi connectivity index (χ0n) is 8.29. The van der Waals surface area contributed by atoms with Crippen LogP contribution in [-0.2, 0) is 0 Å². The number of pyridine rings is 1. The molecule has 2 heterocycles. The molecule has 0 aliphatic carbocycles. The summed E-state index contributed by atoms with van der Waals surface area (Å²) in [6.45, 7) is 1.91. The van der Waals surface area contributed by atoms with Gasteiger partial charge in [0, 0.05) is 10.7 Å². The molecule has 16 heavy (non-hydrogen) atoms. The van der Waals surface area contributed by atoms with Gasteiger partial charge in [-0.2, -0.15) is 0 Å². The second kappa shape index (κ2) is 4.01. The number of aromatic nitrogens is 3. The highest BCUT2D eigenvalue weighted by molar-refractivity contribution is 9.10. The SMILES string of the molecule is Cc1cc(-n2ccc([N+](=O)[O-])n2)ncc1Br. The lowest BCUT2D eigenvalue weighted by atomic mass is 10.3. The third-order valence-corrected chi connectivity index (χ3v) is 2.86. The van der Waals surface area contributed by atoms with Gasteiger partial charge in [0.25, 0.3) is 0 Å². The van der Waals surface area contributed by atoms with Crippen molar-refractivity contribution < 1.29 is 4.92 Å². The number of rotatable bonds is 2. The number of nitro groups is 1. The maximum Gasteiger partial charge on any atom is 0.390 e. The Labute approximate surface area is 99.2 Å². The minimum Gasteiger partial charge on any atom is -0.358 e. The summed E-state index contributed by atoms with van der Waals surface area (Å²) in [5.41, 5.74) is 0.989. The lowest BCUT2D eigenvalue weighted by Crippen LogP contribution is -1.99. The molecular formula is C9H7BrN4O2. The van der Waals surface area contributed by atoms with Gasteiger partial charge in [0.2, 0.25) is 0 Å². The first-order valence-corrected chi connectivity index (χ1v) is 5.20. The molecule has 0 saturated heterocycles. The third-order valence-electron chi connectivity index (χ3n) is 2.03. The van der Waals surface area contributed by atoms with Crippen molar-refractivity contribution in [2.24, 2.45) is 0 Å². The smallest absolute Gasteiger partial charge is 0.358 e. The van der Waals surface area contributed by atoms with Crippen molar-refractivity contribution >= 4 is 21.7 Å². The highest BCUT2D eigenvalue weighted by Crippen LogP contribution is 2.17. The maximum absolute atomic E-state index is 10.5.